The van der Waals surface area contributed by atoms with E-state index in [1.54, 1.807) is 6.07 Å². The number of aromatic nitrogens is 1. The van der Waals surface area contributed by atoms with Crippen LogP contribution >= 0.6 is 0 Å². The third kappa shape index (κ3) is 6.53. The van der Waals surface area contributed by atoms with E-state index in [1.165, 1.54) is 0 Å². The van der Waals surface area contributed by atoms with Crippen LogP contribution in [-0.4, -0.2) is 90.0 Å². The molecular formula is C38H48N6O4. The summed E-state index contributed by atoms with van der Waals surface area (Å²) < 4.78 is 5.39. The van der Waals surface area contributed by atoms with Crippen molar-refractivity contribution in [2.45, 2.75) is 84.3 Å². The van der Waals surface area contributed by atoms with E-state index in [0.717, 1.165) is 91.0 Å². The maximum Gasteiger partial charge on any atom is 0.407 e. The van der Waals surface area contributed by atoms with Crippen LogP contribution in [0.25, 0.3) is 10.9 Å². The highest BCUT2D eigenvalue weighted by molar-refractivity contribution is 6.20. The van der Waals surface area contributed by atoms with E-state index >= 15 is 0 Å². The normalized spacial score (nSPS) is 19.2. The molecule has 6 rings (SSSR count). The number of aromatic amines is 1. The van der Waals surface area contributed by atoms with Crippen LogP contribution in [0, 0.1) is 11.3 Å². The van der Waals surface area contributed by atoms with Crippen LogP contribution in [0.4, 0.5) is 10.5 Å². The van der Waals surface area contributed by atoms with Crippen LogP contribution in [0.5, 0.6) is 0 Å². The number of carbonyl (C=O) groups excluding carboxylic acids is 3. The molecule has 2 saturated heterocycles. The minimum atomic E-state index is -0.515. The van der Waals surface area contributed by atoms with Crippen molar-refractivity contribution in [1.82, 2.24) is 20.1 Å². The molecule has 0 spiro atoms. The van der Waals surface area contributed by atoms with Gasteiger partial charge in [-0.3, -0.25) is 9.59 Å². The van der Waals surface area contributed by atoms with Crippen molar-refractivity contribution in [2.24, 2.45) is 0 Å². The molecule has 0 bridgehead atoms. The fourth-order valence-electron chi connectivity index (χ4n) is 7.59. The van der Waals surface area contributed by atoms with E-state index in [2.05, 4.69) is 59.1 Å². The summed E-state index contributed by atoms with van der Waals surface area (Å²) in [6.07, 6.45) is 2.61. The van der Waals surface area contributed by atoms with E-state index in [4.69, 9.17) is 4.74 Å². The number of carbonyl (C=O) groups is 3. The Morgan fingerprint density at radius 3 is 2.54 bits per heavy atom. The van der Waals surface area contributed by atoms with Gasteiger partial charge >= 0.3 is 6.09 Å². The number of H-pyrrole nitrogens is 1. The van der Waals surface area contributed by atoms with Crippen LogP contribution < -0.4 is 10.2 Å². The summed E-state index contributed by atoms with van der Waals surface area (Å²) in [6.45, 7) is 17.3. The number of nitriles is 1. The molecule has 1 atom stereocenters. The number of fused-ring (bicyclic) bond motifs is 4. The average molecular weight is 653 g/mol. The van der Waals surface area contributed by atoms with Crippen LogP contribution in [0.1, 0.15) is 99.1 Å². The van der Waals surface area contributed by atoms with Crippen molar-refractivity contribution >= 4 is 34.4 Å². The first kappa shape index (κ1) is 33.5. The highest BCUT2D eigenvalue weighted by Crippen LogP contribution is 2.46. The molecule has 10 nitrogen and oxygen atoms in total. The molecule has 0 saturated carbocycles. The van der Waals surface area contributed by atoms with Crippen LogP contribution in [0.3, 0.4) is 0 Å². The van der Waals surface area contributed by atoms with E-state index in [1.807, 2.05) is 37.8 Å². The van der Waals surface area contributed by atoms with Gasteiger partial charge in [-0.25, -0.2) is 4.79 Å². The quantitative estimate of drug-likeness (QED) is 0.346. The molecular weight excluding hydrogens is 604 g/mol. The van der Waals surface area contributed by atoms with Gasteiger partial charge < -0.3 is 29.7 Å². The molecule has 2 fully saturated rings. The lowest BCUT2D eigenvalue weighted by atomic mass is 9.70. The standard InChI is InChI=1S/C38H48N6O4/c1-7-25-20-28-29(38(5,6)35-33(34(28)46)27-11-10-24(22-39)19-30(27)41-35)21-31(25)43-15-17-44(18-16-43)32(45)9-8-13-42-14-12-26(23-42)40-36(47)48-37(2,3)4/h10-11,19-21,26,41H,7-9,12-18,23H2,1-6H3,(H,40,47)/t26-/m1/s1. The van der Waals surface area contributed by atoms with Gasteiger partial charge in [-0.05, 0) is 82.0 Å². The summed E-state index contributed by atoms with van der Waals surface area (Å²) in [5.41, 5.74) is 6.03. The number of nitrogens with zero attached hydrogens (tertiary/aromatic N) is 4. The molecule has 0 radical (unpaired) electrons. The Kier molecular flexibility index (Phi) is 9.03. The summed E-state index contributed by atoms with van der Waals surface area (Å²) in [5, 5.41) is 13.2. The highest BCUT2D eigenvalue weighted by Gasteiger charge is 2.41. The summed E-state index contributed by atoms with van der Waals surface area (Å²) >= 11 is 0. The number of anilines is 1. The smallest absolute Gasteiger partial charge is 0.407 e. The number of nitrogens with one attached hydrogen (secondary N) is 2. The van der Waals surface area contributed by atoms with Crippen molar-refractivity contribution in [1.29, 1.82) is 5.26 Å². The molecule has 10 heteroatoms. The first-order chi connectivity index (χ1) is 22.8. The minimum Gasteiger partial charge on any atom is -0.444 e. The summed E-state index contributed by atoms with van der Waals surface area (Å²) in [5.74, 6) is 0.215. The van der Waals surface area contributed by atoms with E-state index in [0.29, 0.717) is 30.6 Å². The molecule has 254 valence electrons. The number of hydrogen-bond donors (Lipinski definition) is 2. The summed E-state index contributed by atoms with van der Waals surface area (Å²) in [6, 6.07) is 12.0. The molecule has 2 aliphatic heterocycles. The number of rotatable bonds is 7. The van der Waals surface area contributed by atoms with Gasteiger partial charge in [0.25, 0.3) is 0 Å². The predicted octanol–water partition coefficient (Wildman–Crippen LogP) is 5.50. The van der Waals surface area contributed by atoms with E-state index in [-0.39, 0.29) is 23.8 Å². The number of ether oxygens (including phenoxy) is 1. The Morgan fingerprint density at radius 2 is 1.85 bits per heavy atom. The van der Waals surface area contributed by atoms with Gasteiger partial charge in [0.05, 0.1) is 17.2 Å². The molecule has 48 heavy (non-hydrogen) atoms. The number of piperazine rings is 1. The average Bonchev–Trinajstić information content (AvgIpc) is 3.66. The van der Waals surface area contributed by atoms with Gasteiger partial charge in [0.2, 0.25) is 5.91 Å². The molecule has 0 unspecified atom stereocenters. The lowest BCUT2D eigenvalue weighted by Crippen LogP contribution is -2.49. The number of likely N-dealkylation sites (tertiary alicyclic amines) is 1. The molecule has 3 aliphatic rings. The van der Waals surface area contributed by atoms with Gasteiger partial charge in [0.1, 0.15) is 5.60 Å². The van der Waals surface area contributed by atoms with Crippen molar-refractivity contribution in [3.05, 3.63) is 63.8 Å². The zero-order chi connectivity index (χ0) is 34.4. The number of ketones is 1. The maximum atomic E-state index is 14.0. The van der Waals surface area contributed by atoms with Crippen LogP contribution in [-0.2, 0) is 21.4 Å². The molecule has 2 N–H and O–H groups in total. The van der Waals surface area contributed by atoms with Gasteiger partial charge in [0.15, 0.2) is 5.78 Å². The fraction of sp³-hybridized carbons (Fsp3) is 0.526. The second kappa shape index (κ2) is 12.9. The molecule has 3 heterocycles. The highest BCUT2D eigenvalue weighted by atomic mass is 16.6. The Labute approximate surface area is 283 Å². The maximum absolute atomic E-state index is 14.0. The number of amides is 2. The Balaban J connectivity index is 1.07. The number of alkyl carbamates (subject to hydrolysis) is 1. The number of benzene rings is 2. The van der Waals surface area contributed by atoms with Crippen LogP contribution in [0.15, 0.2) is 30.3 Å². The minimum absolute atomic E-state index is 0.0238. The van der Waals surface area contributed by atoms with E-state index < -0.39 is 11.0 Å². The molecule has 1 aromatic heterocycles. The lowest BCUT2D eigenvalue weighted by molar-refractivity contribution is -0.131. The SMILES string of the molecule is CCc1cc2c(cc1N1CCN(C(=O)CCCN3CC[C@@H](NC(=O)OC(C)(C)C)C3)CC1)C(C)(C)c1[nH]c3cc(C#N)ccc3c1C2=O. The van der Waals surface area contributed by atoms with Crippen molar-refractivity contribution in [3.63, 3.8) is 0 Å². The van der Waals surface area contributed by atoms with Gasteiger partial charge in [-0.1, -0.05) is 26.8 Å². The summed E-state index contributed by atoms with van der Waals surface area (Å²) in [4.78, 5) is 49.5. The topological polar surface area (TPSA) is 122 Å². The molecule has 1 aliphatic carbocycles. The second-order valence-corrected chi connectivity index (χ2v) is 15.0. The first-order valence-corrected chi connectivity index (χ1v) is 17.3. The Bertz CT molecular complexity index is 1790. The molecule has 2 aromatic carbocycles. The monoisotopic (exact) mass is 652 g/mol. The molecule has 2 amide bonds. The van der Waals surface area contributed by atoms with Crippen molar-refractivity contribution < 1.29 is 19.1 Å². The summed E-state index contributed by atoms with van der Waals surface area (Å²) in [7, 11) is 0. The van der Waals surface area contributed by atoms with Crippen molar-refractivity contribution in [2.75, 3.05) is 50.7 Å². The zero-order valence-corrected chi connectivity index (χ0v) is 29.2. The fourth-order valence-corrected chi connectivity index (χ4v) is 7.59. The largest absolute Gasteiger partial charge is 0.444 e. The van der Waals surface area contributed by atoms with Crippen molar-refractivity contribution in [3.8, 4) is 6.07 Å². The third-order valence-corrected chi connectivity index (χ3v) is 10.1. The van der Waals surface area contributed by atoms with Gasteiger partial charge in [-0.15, -0.1) is 0 Å². The van der Waals surface area contributed by atoms with Crippen LogP contribution in [0.2, 0.25) is 0 Å². The van der Waals surface area contributed by atoms with Gasteiger partial charge in [0, 0.05) is 85.0 Å². The second-order valence-electron chi connectivity index (χ2n) is 15.0. The predicted molar refractivity (Wildman–Crippen MR) is 187 cm³/mol. The lowest BCUT2D eigenvalue weighted by Gasteiger charge is -2.39. The number of hydrogen-bond acceptors (Lipinski definition) is 7. The Morgan fingerprint density at radius 1 is 1.10 bits per heavy atom. The van der Waals surface area contributed by atoms with E-state index in [9.17, 15) is 19.6 Å². The zero-order valence-electron chi connectivity index (χ0n) is 29.2. The van der Waals surface area contributed by atoms with Gasteiger partial charge in [-0.2, -0.15) is 5.26 Å². The molecule has 3 aromatic rings. The third-order valence-electron chi connectivity index (χ3n) is 10.1. The Hall–Kier alpha value is -4.36. The first-order valence-electron chi connectivity index (χ1n) is 17.3. The number of aryl methyl sites for hydroxylation is 1.